The Balaban J connectivity index is 2.07. The third-order valence-electron chi connectivity index (χ3n) is 3.73. The second kappa shape index (κ2) is 5.21. The van der Waals surface area contributed by atoms with Crippen LogP contribution in [-0.2, 0) is 14.3 Å². The van der Waals surface area contributed by atoms with E-state index in [4.69, 9.17) is 9.47 Å². The number of esters is 1. The molecule has 3 nitrogen and oxygen atoms in total. The topological polar surface area (TPSA) is 35.5 Å². The molecule has 96 valence electrons. The molecule has 2 atom stereocenters. The van der Waals surface area contributed by atoms with Crippen molar-refractivity contribution in [2.24, 2.45) is 11.8 Å². The third-order valence-corrected chi connectivity index (χ3v) is 3.73. The summed E-state index contributed by atoms with van der Waals surface area (Å²) in [5.74, 6) is 0.369. The van der Waals surface area contributed by atoms with Gasteiger partial charge in [0.05, 0.1) is 11.7 Å². The van der Waals surface area contributed by atoms with Gasteiger partial charge in [0.2, 0.25) is 6.29 Å². The van der Waals surface area contributed by atoms with Crippen molar-refractivity contribution in [1.29, 1.82) is 0 Å². The molecule has 0 N–H and O–H groups in total. The van der Waals surface area contributed by atoms with Crippen LogP contribution in [0.5, 0.6) is 0 Å². The van der Waals surface area contributed by atoms with Crippen molar-refractivity contribution in [1.82, 2.24) is 0 Å². The summed E-state index contributed by atoms with van der Waals surface area (Å²) in [5, 5.41) is 0. The Morgan fingerprint density at radius 2 is 1.88 bits per heavy atom. The number of cyclic esters (lactones) is 1. The van der Waals surface area contributed by atoms with Gasteiger partial charge in [-0.25, -0.2) is 4.79 Å². The minimum absolute atomic E-state index is 0.121. The lowest BCUT2D eigenvalue weighted by molar-refractivity contribution is -0.219. The van der Waals surface area contributed by atoms with Crippen molar-refractivity contribution >= 4 is 5.97 Å². The molecule has 0 spiro atoms. The number of ether oxygens (including phenoxy) is 2. The largest absolute Gasteiger partial charge is 0.432 e. The van der Waals surface area contributed by atoms with Crippen LogP contribution in [0.3, 0.4) is 0 Å². The molecular formula is C14H22O3. The summed E-state index contributed by atoms with van der Waals surface area (Å²) in [5.41, 5.74) is 0.508. The van der Waals surface area contributed by atoms with Crippen LogP contribution in [0, 0.1) is 11.8 Å². The van der Waals surface area contributed by atoms with E-state index in [0.29, 0.717) is 11.5 Å². The highest BCUT2D eigenvalue weighted by Crippen LogP contribution is 2.35. The van der Waals surface area contributed by atoms with Gasteiger partial charge in [-0.15, -0.1) is 0 Å². The normalized spacial score (nSPS) is 31.7. The van der Waals surface area contributed by atoms with Crippen LogP contribution >= 0.6 is 0 Å². The van der Waals surface area contributed by atoms with Crippen LogP contribution in [0.2, 0.25) is 0 Å². The number of carbonyl (C=O) groups excluding carboxylic acids is 1. The van der Waals surface area contributed by atoms with Gasteiger partial charge in [0.1, 0.15) is 0 Å². The van der Waals surface area contributed by atoms with E-state index < -0.39 is 6.29 Å². The molecule has 0 aromatic rings. The maximum absolute atomic E-state index is 11.8. The lowest BCUT2D eigenvalue weighted by atomic mass is 9.82. The summed E-state index contributed by atoms with van der Waals surface area (Å²) in [6.45, 7) is 7.85. The Labute approximate surface area is 103 Å². The van der Waals surface area contributed by atoms with E-state index >= 15 is 0 Å². The van der Waals surface area contributed by atoms with E-state index in [2.05, 4.69) is 6.58 Å². The van der Waals surface area contributed by atoms with E-state index in [1.54, 1.807) is 0 Å². The summed E-state index contributed by atoms with van der Waals surface area (Å²) >= 11 is 0. The second-order valence-electron chi connectivity index (χ2n) is 5.50. The molecule has 1 saturated heterocycles. The van der Waals surface area contributed by atoms with Crippen molar-refractivity contribution in [2.45, 2.75) is 58.3 Å². The predicted octanol–water partition coefficient (Wildman–Crippen LogP) is 3.05. The summed E-state index contributed by atoms with van der Waals surface area (Å²) in [6, 6.07) is 0. The molecule has 2 rings (SSSR count). The predicted molar refractivity (Wildman–Crippen MR) is 65.3 cm³/mol. The van der Waals surface area contributed by atoms with Crippen molar-refractivity contribution in [3.63, 3.8) is 0 Å². The molecule has 1 aliphatic carbocycles. The van der Waals surface area contributed by atoms with Gasteiger partial charge < -0.3 is 9.47 Å². The molecule has 0 aromatic carbocycles. The molecule has 0 unspecified atom stereocenters. The van der Waals surface area contributed by atoms with E-state index in [1.165, 1.54) is 19.3 Å². The van der Waals surface area contributed by atoms with Gasteiger partial charge in [-0.2, -0.15) is 0 Å². The Hall–Kier alpha value is -0.830. The van der Waals surface area contributed by atoms with Gasteiger partial charge in [0.15, 0.2) is 0 Å². The van der Waals surface area contributed by atoms with Gasteiger partial charge in [0.25, 0.3) is 0 Å². The van der Waals surface area contributed by atoms with E-state index in [9.17, 15) is 4.79 Å². The van der Waals surface area contributed by atoms with Crippen molar-refractivity contribution < 1.29 is 14.3 Å². The Morgan fingerprint density at radius 3 is 2.47 bits per heavy atom. The molecule has 0 bridgehead atoms. The molecule has 2 fully saturated rings. The lowest BCUT2D eigenvalue weighted by Crippen LogP contribution is -2.44. The number of hydrogen-bond donors (Lipinski definition) is 0. The van der Waals surface area contributed by atoms with Crippen LogP contribution < -0.4 is 0 Å². The highest BCUT2D eigenvalue weighted by molar-refractivity contribution is 5.89. The van der Waals surface area contributed by atoms with Crippen LogP contribution in [0.25, 0.3) is 0 Å². The smallest absolute Gasteiger partial charge is 0.338 e. The first kappa shape index (κ1) is 12.6. The maximum atomic E-state index is 11.8. The van der Waals surface area contributed by atoms with Crippen molar-refractivity contribution in [3.05, 3.63) is 12.2 Å². The molecule has 2 aliphatic rings. The van der Waals surface area contributed by atoms with Crippen LogP contribution in [0.4, 0.5) is 0 Å². The zero-order valence-corrected chi connectivity index (χ0v) is 10.8. The first-order valence-corrected chi connectivity index (χ1v) is 6.65. The number of carbonyl (C=O) groups is 1. The zero-order valence-electron chi connectivity index (χ0n) is 10.8. The van der Waals surface area contributed by atoms with Crippen LogP contribution in [0.1, 0.15) is 46.0 Å². The van der Waals surface area contributed by atoms with Gasteiger partial charge in [-0.1, -0.05) is 39.7 Å². The zero-order chi connectivity index (χ0) is 12.4. The number of hydrogen-bond acceptors (Lipinski definition) is 3. The van der Waals surface area contributed by atoms with Gasteiger partial charge >= 0.3 is 5.97 Å². The fraction of sp³-hybridized carbons (Fsp3) is 0.786. The fourth-order valence-corrected chi connectivity index (χ4v) is 2.68. The van der Waals surface area contributed by atoms with E-state index in [1.807, 2.05) is 13.8 Å². The number of rotatable bonds is 2. The molecular weight excluding hydrogens is 216 g/mol. The minimum Gasteiger partial charge on any atom is -0.432 e. The summed E-state index contributed by atoms with van der Waals surface area (Å²) in [6.07, 6.45) is 5.53. The van der Waals surface area contributed by atoms with E-state index in [0.717, 1.165) is 12.8 Å². The molecule has 17 heavy (non-hydrogen) atoms. The van der Waals surface area contributed by atoms with E-state index in [-0.39, 0.29) is 18.0 Å². The molecule has 3 heteroatoms. The molecule has 0 aromatic heterocycles. The van der Waals surface area contributed by atoms with Crippen molar-refractivity contribution in [2.75, 3.05) is 0 Å². The monoisotopic (exact) mass is 238 g/mol. The van der Waals surface area contributed by atoms with Crippen molar-refractivity contribution in [3.8, 4) is 0 Å². The Kier molecular flexibility index (Phi) is 3.87. The third kappa shape index (κ3) is 2.71. The van der Waals surface area contributed by atoms with Crippen LogP contribution in [-0.4, -0.2) is 18.4 Å². The molecule has 1 heterocycles. The first-order chi connectivity index (χ1) is 8.09. The van der Waals surface area contributed by atoms with Gasteiger partial charge in [-0.3, -0.25) is 0 Å². The second-order valence-corrected chi connectivity index (χ2v) is 5.50. The molecule has 0 radical (unpaired) electrons. The SMILES string of the molecule is C=C1C(=O)O[C@H](C(C)C)O[C@@H]1C1CCCCC1. The maximum Gasteiger partial charge on any atom is 0.338 e. The lowest BCUT2D eigenvalue weighted by Gasteiger charge is -2.38. The average Bonchev–Trinajstić information content (AvgIpc) is 2.33. The summed E-state index contributed by atoms with van der Waals surface area (Å²) in [4.78, 5) is 11.8. The summed E-state index contributed by atoms with van der Waals surface area (Å²) < 4.78 is 11.1. The first-order valence-electron chi connectivity index (χ1n) is 6.65. The van der Waals surface area contributed by atoms with Crippen LogP contribution in [0.15, 0.2) is 12.2 Å². The standard InChI is InChI=1S/C14H22O3/c1-9(2)14-16-12(10(3)13(15)17-14)11-7-5-4-6-8-11/h9,11-12,14H,3-8H2,1-2H3/t12-,14+/m0/s1. The quantitative estimate of drug-likeness (QED) is 0.548. The van der Waals surface area contributed by atoms with Gasteiger partial charge in [-0.05, 0) is 18.8 Å². The Bertz CT molecular complexity index is 303. The highest BCUT2D eigenvalue weighted by Gasteiger charge is 2.38. The molecule has 0 amide bonds. The summed E-state index contributed by atoms with van der Waals surface area (Å²) in [7, 11) is 0. The molecule has 1 saturated carbocycles. The average molecular weight is 238 g/mol. The van der Waals surface area contributed by atoms with Gasteiger partial charge in [0, 0.05) is 5.92 Å². The minimum atomic E-state index is -0.403. The molecule has 1 aliphatic heterocycles. The Morgan fingerprint density at radius 1 is 1.24 bits per heavy atom. The highest BCUT2D eigenvalue weighted by atomic mass is 16.7. The fourth-order valence-electron chi connectivity index (χ4n) is 2.68.